The van der Waals surface area contributed by atoms with Crippen molar-refractivity contribution >= 4 is 23.4 Å². The minimum absolute atomic E-state index is 0.00320. The molecular weight excluding hydrogens is 266 g/mol. The molecule has 0 aliphatic carbocycles. The Morgan fingerprint density at radius 1 is 1.47 bits per heavy atom. The van der Waals surface area contributed by atoms with Crippen LogP contribution in [0.25, 0.3) is 0 Å². The van der Waals surface area contributed by atoms with Gasteiger partial charge in [0.2, 0.25) is 5.91 Å². The van der Waals surface area contributed by atoms with Crippen molar-refractivity contribution in [2.75, 3.05) is 20.1 Å². The number of nitrogens with zero attached hydrogens (tertiary/aromatic N) is 2. The number of pyridine rings is 1. The van der Waals surface area contributed by atoms with Gasteiger partial charge in [-0.2, -0.15) is 0 Å². The zero-order chi connectivity index (χ0) is 14.4. The van der Waals surface area contributed by atoms with E-state index in [0.717, 1.165) is 0 Å². The van der Waals surface area contributed by atoms with Crippen LogP contribution in [0.15, 0.2) is 18.5 Å². The number of amides is 2. The molecule has 1 heterocycles. The van der Waals surface area contributed by atoms with Crippen molar-refractivity contribution in [3.63, 3.8) is 0 Å². The maximum Gasteiger partial charge on any atom is 0.257 e. The summed E-state index contributed by atoms with van der Waals surface area (Å²) in [4.78, 5) is 28.9. The summed E-state index contributed by atoms with van der Waals surface area (Å²) in [5.74, 6) is -0.139. The SMILES string of the molecule is CC(C)CNC(=O)CN(C)C(=O)c1cnccc1Cl. The van der Waals surface area contributed by atoms with Crippen LogP contribution in [0.1, 0.15) is 24.2 Å². The number of hydrogen-bond acceptors (Lipinski definition) is 3. The molecule has 0 saturated heterocycles. The van der Waals surface area contributed by atoms with E-state index in [1.807, 2.05) is 13.8 Å². The Hall–Kier alpha value is -1.62. The minimum atomic E-state index is -0.321. The summed E-state index contributed by atoms with van der Waals surface area (Å²) in [6.07, 6.45) is 2.90. The highest BCUT2D eigenvalue weighted by Crippen LogP contribution is 2.14. The molecule has 1 aromatic heterocycles. The highest BCUT2D eigenvalue weighted by molar-refractivity contribution is 6.33. The number of carbonyl (C=O) groups excluding carboxylic acids is 2. The molecule has 0 aliphatic heterocycles. The first kappa shape index (κ1) is 15.4. The largest absolute Gasteiger partial charge is 0.354 e. The lowest BCUT2D eigenvalue weighted by Crippen LogP contribution is -2.39. The maximum absolute atomic E-state index is 12.1. The van der Waals surface area contributed by atoms with Crippen molar-refractivity contribution in [1.29, 1.82) is 0 Å². The van der Waals surface area contributed by atoms with Crippen LogP contribution in [0.5, 0.6) is 0 Å². The molecule has 0 aliphatic rings. The van der Waals surface area contributed by atoms with Gasteiger partial charge >= 0.3 is 0 Å². The third-order valence-electron chi connectivity index (χ3n) is 2.43. The van der Waals surface area contributed by atoms with Gasteiger partial charge < -0.3 is 10.2 Å². The number of hydrogen-bond donors (Lipinski definition) is 1. The van der Waals surface area contributed by atoms with Crippen molar-refractivity contribution in [1.82, 2.24) is 15.2 Å². The fourth-order valence-corrected chi connectivity index (χ4v) is 1.59. The number of likely N-dealkylation sites (N-methyl/N-ethyl adjacent to an activating group) is 1. The first-order valence-corrected chi connectivity index (χ1v) is 6.41. The molecule has 0 spiro atoms. The Bertz CT molecular complexity index is 463. The number of nitrogens with one attached hydrogen (secondary N) is 1. The van der Waals surface area contributed by atoms with E-state index in [-0.39, 0.29) is 18.4 Å². The molecule has 1 aromatic rings. The van der Waals surface area contributed by atoms with E-state index in [1.165, 1.54) is 17.3 Å². The lowest BCUT2D eigenvalue weighted by Gasteiger charge is -2.17. The van der Waals surface area contributed by atoms with Gasteiger partial charge in [0.1, 0.15) is 0 Å². The van der Waals surface area contributed by atoms with Crippen LogP contribution in [0.4, 0.5) is 0 Å². The van der Waals surface area contributed by atoms with E-state index < -0.39 is 0 Å². The number of carbonyl (C=O) groups is 2. The zero-order valence-electron chi connectivity index (χ0n) is 11.3. The second kappa shape index (κ2) is 7.09. The molecule has 0 saturated carbocycles. The summed E-state index contributed by atoms with van der Waals surface area (Å²) in [6, 6.07) is 1.54. The fraction of sp³-hybridized carbons (Fsp3) is 0.462. The second-order valence-electron chi connectivity index (χ2n) is 4.71. The van der Waals surface area contributed by atoms with E-state index in [4.69, 9.17) is 11.6 Å². The highest BCUT2D eigenvalue weighted by Gasteiger charge is 2.17. The molecule has 0 fully saturated rings. The van der Waals surface area contributed by atoms with E-state index >= 15 is 0 Å². The molecular formula is C13H18ClN3O2. The van der Waals surface area contributed by atoms with Crippen molar-refractivity contribution in [3.8, 4) is 0 Å². The normalized spacial score (nSPS) is 10.4. The summed E-state index contributed by atoms with van der Waals surface area (Å²) in [7, 11) is 1.56. The second-order valence-corrected chi connectivity index (χ2v) is 5.12. The van der Waals surface area contributed by atoms with Crippen LogP contribution in [0.3, 0.4) is 0 Å². The lowest BCUT2D eigenvalue weighted by atomic mass is 10.2. The summed E-state index contributed by atoms with van der Waals surface area (Å²) in [6.45, 7) is 4.60. The van der Waals surface area contributed by atoms with Crippen LogP contribution in [0, 0.1) is 5.92 Å². The molecule has 6 heteroatoms. The molecule has 0 aromatic carbocycles. The standard InChI is InChI=1S/C13H18ClN3O2/c1-9(2)6-16-12(18)8-17(3)13(19)10-7-15-5-4-11(10)14/h4-5,7,9H,6,8H2,1-3H3,(H,16,18). The molecule has 1 N–H and O–H groups in total. The Morgan fingerprint density at radius 2 is 2.16 bits per heavy atom. The maximum atomic E-state index is 12.1. The van der Waals surface area contributed by atoms with Crippen molar-refractivity contribution in [2.24, 2.45) is 5.92 Å². The summed E-state index contributed by atoms with van der Waals surface area (Å²) >= 11 is 5.91. The van der Waals surface area contributed by atoms with Gasteiger partial charge in [-0.05, 0) is 12.0 Å². The van der Waals surface area contributed by atoms with E-state index in [1.54, 1.807) is 13.1 Å². The van der Waals surface area contributed by atoms with Crippen molar-refractivity contribution < 1.29 is 9.59 Å². The van der Waals surface area contributed by atoms with Crippen LogP contribution in [-0.2, 0) is 4.79 Å². The quantitative estimate of drug-likeness (QED) is 0.892. The van der Waals surface area contributed by atoms with Gasteiger partial charge in [0.15, 0.2) is 0 Å². The Morgan fingerprint density at radius 3 is 2.74 bits per heavy atom. The van der Waals surface area contributed by atoms with Gasteiger partial charge in [0.05, 0.1) is 17.1 Å². The fourth-order valence-electron chi connectivity index (χ4n) is 1.40. The average Bonchev–Trinajstić information content (AvgIpc) is 2.36. The molecule has 0 bridgehead atoms. The van der Waals surface area contributed by atoms with Crippen LogP contribution in [-0.4, -0.2) is 41.8 Å². The minimum Gasteiger partial charge on any atom is -0.354 e. The van der Waals surface area contributed by atoms with Crippen LogP contribution < -0.4 is 5.32 Å². The van der Waals surface area contributed by atoms with Gasteiger partial charge in [-0.3, -0.25) is 14.6 Å². The first-order chi connectivity index (χ1) is 8.91. The van der Waals surface area contributed by atoms with Gasteiger partial charge in [-0.25, -0.2) is 0 Å². The molecule has 0 atom stereocenters. The summed E-state index contributed by atoms with van der Waals surface area (Å²) < 4.78 is 0. The lowest BCUT2D eigenvalue weighted by molar-refractivity contribution is -0.121. The molecule has 0 radical (unpaired) electrons. The average molecular weight is 284 g/mol. The van der Waals surface area contributed by atoms with E-state index in [9.17, 15) is 9.59 Å². The number of aromatic nitrogens is 1. The molecule has 1 rings (SSSR count). The van der Waals surface area contributed by atoms with Gasteiger partial charge in [-0.1, -0.05) is 25.4 Å². The van der Waals surface area contributed by atoms with Gasteiger partial charge in [0.25, 0.3) is 5.91 Å². The summed E-state index contributed by atoms with van der Waals surface area (Å²) in [5, 5.41) is 3.08. The Labute approximate surface area is 118 Å². The molecule has 5 nitrogen and oxygen atoms in total. The third kappa shape index (κ3) is 4.87. The third-order valence-corrected chi connectivity index (χ3v) is 2.76. The highest BCUT2D eigenvalue weighted by atomic mass is 35.5. The smallest absolute Gasteiger partial charge is 0.257 e. The Kier molecular flexibility index (Phi) is 5.76. The predicted molar refractivity (Wildman–Crippen MR) is 74.1 cm³/mol. The number of rotatable bonds is 5. The van der Waals surface area contributed by atoms with E-state index in [2.05, 4.69) is 10.3 Å². The van der Waals surface area contributed by atoms with Crippen molar-refractivity contribution in [2.45, 2.75) is 13.8 Å². The summed E-state index contributed by atoms with van der Waals surface area (Å²) in [5.41, 5.74) is 0.295. The predicted octanol–water partition coefficient (Wildman–Crippen LogP) is 1.58. The monoisotopic (exact) mass is 283 g/mol. The topological polar surface area (TPSA) is 62.3 Å². The van der Waals surface area contributed by atoms with Crippen LogP contribution in [0.2, 0.25) is 5.02 Å². The van der Waals surface area contributed by atoms with Gasteiger partial charge in [0, 0.05) is 26.0 Å². The first-order valence-electron chi connectivity index (χ1n) is 6.03. The molecule has 19 heavy (non-hydrogen) atoms. The van der Waals surface area contributed by atoms with Gasteiger partial charge in [-0.15, -0.1) is 0 Å². The molecule has 0 unspecified atom stereocenters. The Balaban J connectivity index is 2.58. The van der Waals surface area contributed by atoms with E-state index in [0.29, 0.717) is 23.0 Å². The number of halogens is 1. The zero-order valence-corrected chi connectivity index (χ0v) is 12.1. The van der Waals surface area contributed by atoms with Crippen molar-refractivity contribution in [3.05, 3.63) is 29.0 Å². The van der Waals surface area contributed by atoms with Crippen LogP contribution >= 0.6 is 11.6 Å². The molecule has 2 amide bonds. The molecule has 104 valence electrons.